The molecule has 2 rings (SSSR count). The third-order valence-corrected chi connectivity index (χ3v) is 5.68. The van der Waals surface area contributed by atoms with E-state index in [0.29, 0.717) is 0 Å². The molecule has 0 bridgehead atoms. The van der Waals surface area contributed by atoms with Crippen molar-refractivity contribution < 1.29 is 36.4 Å². The summed E-state index contributed by atoms with van der Waals surface area (Å²) in [6, 6.07) is 5.49. The van der Waals surface area contributed by atoms with Gasteiger partial charge in [0.2, 0.25) is 0 Å². The maximum Gasteiger partial charge on any atom is 0.411 e. The predicted octanol–water partition coefficient (Wildman–Crippen LogP) is 2.27. The molecule has 1 aromatic rings. The number of likely N-dealkylation sites (tertiary alicyclic amines) is 1. The van der Waals surface area contributed by atoms with Crippen LogP contribution in [0.25, 0.3) is 0 Å². The van der Waals surface area contributed by atoms with Gasteiger partial charge in [0, 0.05) is 6.42 Å². The highest BCUT2D eigenvalue weighted by molar-refractivity contribution is 7.86. The summed E-state index contributed by atoms with van der Waals surface area (Å²) in [6.45, 7) is 6.96. The number of amides is 1. The molecule has 168 valence electrons. The van der Waals surface area contributed by atoms with Gasteiger partial charge in [-0.25, -0.2) is 9.59 Å². The van der Waals surface area contributed by atoms with Crippen molar-refractivity contribution in [3.63, 3.8) is 0 Å². The number of carbonyl (C=O) groups is 2. The van der Waals surface area contributed by atoms with E-state index in [1.165, 1.54) is 24.1 Å². The van der Waals surface area contributed by atoms with Crippen LogP contribution >= 0.6 is 0 Å². The minimum atomic E-state index is -3.88. The lowest BCUT2D eigenvalue weighted by molar-refractivity contribution is -0.145. The average molecular weight is 444 g/mol. The van der Waals surface area contributed by atoms with Crippen LogP contribution in [0.4, 0.5) is 4.79 Å². The van der Waals surface area contributed by atoms with E-state index in [2.05, 4.69) is 0 Å². The molecule has 0 radical (unpaired) electrons. The fourth-order valence-electron chi connectivity index (χ4n) is 2.93. The second-order valence-corrected chi connectivity index (χ2v) is 9.60. The van der Waals surface area contributed by atoms with Crippen LogP contribution in [0.15, 0.2) is 29.2 Å². The molecule has 1 amide bonds. The van der Waals surface area contributed by atoms with Gasteiger partial charge in [-0.05, 0) is 39.8 Å². The van der Waals surface area contributed by atoms with Crippen molar-refractivity contribution in [3.8, 4) is 0 Å². The Bertz CT molecular complexity index is 845. The van der Waals surface area contributed by atoms with Gasteiger partial charge in [0.1, 0.15) is 11.6 Å². The van der Waals surface area contributed by atoms with Gasteiger partial charge in [-0.1, -0.05) is 17.7 Å². The first-order valence-corrected chi connectivity index (χ1v) is 11.0. The van der Waals surface area contributed by atoms with Gasteiger partial charge in [0.25, 0.3) is 10.1 Å². The molecular weight excluding hydrogens is 414 g/mol. The van der Waals surface area contributed by atoms with E-state index < -0.39 is 39.9 Å². The molecule has 1 aromatic carbocycles. The first-order valence-electron chi connectivity index (χ1n) is 9.58. The van der Waals surface area contributed by atoms with Crippen molar-refractivity contribution in [2.45, 2.75) is 56.8 Å². The SMILES string of the molecule is COC(=O)C1C[C@H](OCCOS(=O)(=O)c2ccc(C)cc2)CN1C(=O)OC(C)(C)C. The van der Waals surface area contributed by atoms with Crippen LogP contribution in [0.3, 0.4) is 0 Å². The molecule has 1 aliphatic heterocycles. The number of carbonyl (C=O) groups excluding carboxylic acids is 2. The number of nitrogens with zero attached hydrogens (tertiary/aromatic N) is 1. The smallest absolute Gasteiger partial charge is 0.411 e. The molecule has 1 heterocycles. The zero-order valence-corrected chi connectivity index (χ0v) is 18.7. The van der Waals surface area contributed by atoms with Gasteiger partial charge >= 0.3 is 12.1 Å². The Morgan fingerprint density at radius 2 is 1.77 bits per heavy atom. The van der Waals surface area contributed by atoms with Crippen molar-refractivity contribution in [1.82, 2.24) is 4.90 Å². The number of esters is 1. The zero-order valence-electron chi connectivity index (χ0n) is 17.9. The Balaban J connectivity index is 1.90. The third kappa shape index (κ3) is 6.68. The largest absolute Gasteiger partial charge is 0.467 e. The minimum Gasteiger partial charge on any atom is -0.467 e. The number of hydrogen-bond donors (Lipinski definition) is 0. The zero-order chi connectivity index (χ0) is 22.5. The summed E-state index contributed by atoms with van der Waals surface area (Å²) in [5.41, 5.74) is 0.225. The molecule has 1 aliphatic rings. The van der Waals surface area contributed by atoms with E-state index in [9.17, 15) is 18.0 Å². The summed E-state index contributed by atoms with van der Waals surface area (Å²) in [4.78, 5) is 25.8. The van der Waals surface area contributed by atoms with Gasteiger partial charge < -0.3 is 14.2 Å². The standard InChI is InChI=1S/C20H29NO8S/c1-14-6-8-16(9-7-14)30(24,25)28-11-10-27-15-12-17(18(22)26-5)21(13-15)19(23)29-20(2,3)4/h6-9,15,17H,10-13H2,1-5H3/t15-,17?/m0/s1. The normalized spacial score (nSPS) is 19.6. The third-order valence-electron chi connectivity index (χ3n) is 4.35. The Morgan fingerprint density at radius 1 is 1.13 bits per heavy atom. The molecule has 1 unspecified atom stereocenters. The molecule has 0 N–H and O–H groups in total. The Hall–Kier alpha value is -2.17. The molecule has 0 saturated carbocycles. The second kappa shape index (κ2) is 9.76. The maximum atomic E-state index is 12.4. The molecule has 0 spiro atoms. The van der Waals surface area contributed by atoms with E-state index in [1.807, 2.05) is 6.92 Å². The van der Waals surface area contributed by atoms with Crippen LogP contribution in [0.1, 0.15) is 32.8 Å². The van der Waals surface area contributed by atoms with Crippen molar-refractivity contribution in [2.24, 2.45) is 0 Å². The van der Waals surface area contributed by atoms with E-state index in [4.69, 9.17) is 18.4 Å². The van der Waals surface area contributed by atoms with Crippen LogP contribution in [0.5, 0.6) is 0 Å². The van der Waals surface area contributed by atoms with E-state index in [1.54, 1.807) is 32.9 Å². The molecule has 9 nitrogen and oxygen atoms in total. The van der Waals surface area contributed by atoms with Crippen molar-refractivity contribution in [2.75, 3.05) is 26.9 Å². The van der Waals surface area contributed by atoms with E-state index in [0.717, 1.165) is 5.56 Å². The summed E-state index contributed by atoms with van der Waals surface area (Å²) in [7, 11) is -2.64. The summed E-state index contributed by atoms with van der Waals surface area (Å²) < 4.78 is 45.1. The molecule has 0 aromatic heterocycles. The number of aryl methyl sites for hydroxylation is 1. The Kier molecular flexibility index (Phi) is 7.84. The first-order chi connectivity index (χ1) is 13.9. The minimum absolute atomic E-state index is 0.0220. The summed E-state index contributed by atoms with van der Waals surface area (Å²) in [6.07, 6.45) is -0.897. The van der Waals surface area contributed by atoms with Gasteiger partial charge in [-0.2, -0.15) is 8.42 Å². The summed E-state index contributed by atoms with van der Waals surface area (Å²) in [5, 5.41) is 0. The van der Waals surface area contributed by atoms with Gasteiger partial charge in [0.05, 0.1) is 37.9 Å². The quantitative estimate of drug-likeness (QED) is 0.359. The van der Waals surface area contributed by atoms with Crippen LogP contribution in [-0.2, 0) is 33.3 Å². The summed E-state index contributed by atoms with van der Waals surface area (Å²) >= 11 is 0. The van der Waals surface area contributed by atoms with Crippen LogP contribution < -0.4 is 0 Å². The van der Waals surface area contributed by atoms with Gasteiger partial charge in [-0.3, -0.25) is 9.08 Å². The van der Waals surface area contributed by atoms with Crippen molar-refractivity contribution >= 4 is 22.2 Å². The van der Waals surface area contributed by atoms with Crippen LogP contribution in [0.2, 0.25) is 0 Å². The Morgan fingerprint density at radius 3 is 2.33 bits per heavy atom. The fraction of sp³-hybridized carbons (Fsp3) is 0.600. The van der Waals surface area contributed by atoms with Gasteiger partial charge in [-0.15, -0.1) is 0 Å². The Labute approximate surface area is 177 Å². The molecule has 0 aliphatic carbocycles. The number of benzene rings is 1. The lowest BCUT2D eigenvalue weighted by Crippen LogP contribution is -2.44. The fourth-order valence-corrected chi connectivity index (χ4v) is 3.82. The molecule has 2 atom stereocenters. The van der Waals surface area contributed by atoms with E-state index in [-0.39, 0.29) is 31.1 Å². The second-order valence-electron chi connectivity index (χ2n) is 7.99. The van der Waals surface area contributed by atoms with E-state index >= 15 is 0 Å². The lowest BCUT2D eigenvalue weighted by atomic mass is 10.2. The predicted molar refractivity (Wildman–Crippen MR) is 107 cm³/mol. The molecule has 30 heavy (non-hydrogen) atoms. The van der Waals surface area contributed by atoms with Crippen LogP contribution in [-0.4, -0.2) is 70.0 Å². The highest BCUT2D eigenvalue weighted by atomic mass is 32.2. The summed E-state index contributed by atoms with van der Waals surface area (Å²) in [5.74, 6) is -0.565. The van der Waals surface area contributed by atoms with Gasteiger partial charge in [0.15, 0.2) is 0 Å². The number of methoxy groups -OCH3 is 1. The molecular formula is C20H29NO8S. The average Bonchev–Trinajstić information content (AvgIpc) is 3.08. The molecule has 1 fully saturated rings. The van der Waals surface area contributed by atoms with Crippen molar-refractivity contribution in [1.29, 1.82) is 0 Å². The maximum absolute atomic E-state index is 12.4. The first kappa shape index (κ1) is 24.1. The molecule has 10 heteroatoms. The van der Waals surface area contributed by atoms with Crippen molar-refractivity contribution in [3.05, 3.63) is 29.8 Å². The monoisotopic (exact) mass is 443 g/mol. The topological polar surface area (TPSA) is 108 Å². The lowest BCUT2D eigenvalue weighted by Gasteiger charge is -2.27. The number of ether oxygens (including phenoxy) is 3. The highest BCUT2D eigenvalue weighted by Gasteiger charge is 2.42. The molecule has 1 saturated heterocycles. The highest BCUT2D eigenvalue weighted by Crippen LogP contribution is 2.24. The number of hydrogen-bond acceptors (Lipinski definition) is 8. The van der Waals surface area contributed by atoms with Crippen LogP contribution in [0, 0.1) is 6.92 Å². The number of rotatable bonds is 7.